The molecule has 84 valence electrons. The average molecular weight is 200 g/mol. The molecule has 1 rings (SSSR count). The second-order valence-corrected chi connectivity index (χ2v) is 4.06. The topological polar surface area (TPSA) is 18.5 Å². The lowest BCUT2D eigenvalue weighted by Gasteiger charge is -2.41. The normalized spacial score (nSPS) is 38.6. The summed E-state index contributed by atoms with van der Waals surface area (Å²) in [6.07, 6.45) is 5.49. The summed E-state index contributed by atoms with van der Waals surface area (Å²) in [5.41, 5.74) is 0. The predicted molar refractivity (Wildman–Crippen MR) is 58.5 cm³/mol. The summed E-state index contributed by atoms with van der Waals surface area (Å²) in [6.45, 7) is 8.71. The molecule has 0 radical (unpaired) electrons. The molecular weight excluding hydrogens is 176 g/mol. The van der Waals surface area contributed by atoms with E-state index in [0.717, 1.165) is 25.7 Å². The molecule has 0 bridgehead atoms. The van der Waals surface area contributed by atoms with Crippen molar-refractivity contribution in [1.29, 1.82) is 0 Å². The molecule has 0 aromatic carbocycles. The number of rotatable bonds is 4. The minimum Gasteiger partial charge on any atom is -0.370 e. The van der Waals surface area contributed by atoms with Crippen LogP contribution < -0.4 is 0 Å². The van der Waals surface area contributed by atoms with Gasteiger partial charge in [0.15, 0.2) is 0 Å². The molecule has 14 heavy (non-hydrogen) atoms. The first-order chi connectivity index (χ1) is 6.76. The van der Waals surface area contributed by atoms with Gasteiger partial charge in [-0.15, -0.1) is 0 Å². The maximum absolute atomic E-state index is 6.07. The van der Waals surface area contributed by atoms with E-state index in [-0.39, 0.29) is 0 Å². The van der Waals surface area contributed by atoms with Crippen molar-refractivity contribution in [3.63, 3.8) is 0 Å². The van der Waals surface area contributed by atoms with Gasteiger partial charge >= 0.3 is 0 Å². The Labute approximate surface area is 88.0 Å². The molecule has 2 nitrogen and oxygen atoms in total. The van der Waals surface area contributed by atoms with E-state index in [9.17, 15) is 0 Å². The minimum absolute atomic E-state index is 0.313. The first-order valence-corrected chi connectivity index (χ1v) is 6.07. The van der Waals surface area contributed by atoms with Crippen LogP contribution in [0.15, 0.2) is 0 Å². The zero-order chi connectivity index (χ0) is 10.6. The second-order valence-electron chi connectivity index (χ2n) is 4.06. The fourth-order valence-corrected chi connectivity index (χ4v) is 2.24. The molecule has 1 saturated heterocycles. The van der Waals surface area contributed by atoms with Crippen molar-refractivity contribution in [1.82, 2.24) is 0 Å². The summed E-state index contributed by atoms with van der Waals surface area (Å²) >= 11 is 0. The Morgan fingerprint density at radius 1 is 0.571 bits per heavy atom. The second kappa shape index (κ2) is 5.72. The first kappa shape index (κ1) is 12.0. The number of hydrogen-bond acceptors (Lipinski definition) is 2. The smallest absolute Gasteiger partial charge is 0.0839 e. The van der Waals surface area contributed by atoms with E-state index in [1.54, 1.807) is 0 Å². The van der Waals surface area contributed by atoms with E-state index in [1.807, 2.05) is 0 Å². The molecule has 2 heteroatoms. The van der Waals surface area contributed by atoms with Gasteiger partial charge in [-0.1, -0.05) is 27.7 Å². The minimum atomic E-state index is 0.313. The van der Waals surface area contributed by atoms with Crippen LogP contribution in [0.5, 0.6) is 0 Å². The van der Waals surface area contributed by atoms with Crippen LogP contribution in [0.1, 0.15) is 53.4 Å². The van der Waals surface area contributed by atoms with Crippen LogP contribution in [-0.4, -0.2) is 24.4 Å². The quantitative estimate of drug-likeness (QED) is 0.694. The van der Waals surface area contributed by atoms with Gasteiger partial charge in [0.05, 0.1) is 24.4 Å². The standard InChI is InChI=1S/C12H24O2/c1-5-9-10(6-2)14-12(8-4)11(7-3)13-9/h9-12H,5-8H2,1-4H3. The fourth-order valence-electron chi connectivity index (χ4n) is 2.24. The van der Waals surface area contributed by atoms with E-state index in [1.165, 1.54) is 0 Å². The zero-order valence-electron chi connectivity index (χ0n) is 9.95. The fraction of sp³-hybridized carbons (Fsp3) is 1.00. The van der Waals surface area contributed by atoms with Crippen LogP contribution >= 0.6 is 0 Å². The van der Waals surface area contributed by atoms with Crippen LogP contribution in [0, 0.1) is 0 Å². The summed E-state index contributed by atoms with van der Waals surface area (Å²) < 4.78 is 12.1. The molecule has 0 saturated carbocycles. The summed E-state index contributed by atoms with van der Waals surface area (Å²) in [4.78, 5) is 0. The summed E-state index contributed by atoms with van der Waals surface area (Å²) in [6, 6.07) is 0. The zero-order valence-corrected chi connectivity index (χ0v) is 9.95. The molecule has 1 aliphatic rings. The van der Waals surface area contributed by atoms with Gasteiger partial charge in [-0.05, 0) is 25.7 Å². The first-order valence-electron chi connectivity index (χ1n) is 6.07. The van der Waals surface area contributed by atoms with Crippen LogP contribution in [0.25, 0.3) is 0 Å². The number of ether oxygens (including phenoxy) is 2. The van der Waals surface area contributed by atoms with Crippen molar-refractivity contribution >= 4 is 0 Å². The molecule has 0 amide bonds. The van der Waals surface area contributed by atoms with Crippen molar-refractivity contribution < 1.29 is 9.47 Å². The molecule has 1 heterocycles. The molecule has 0 aromatic rings. The van der Waals surface area contributed by atoms with Gasteiger partial charge in [-0.25, -0.2) is 0 Å². The molecule has 4 unspecified atom stereocenters. The van der Waals surface area contributed by atoms with E-state index in [2.05, 4.69) is 27.7 Å². The van der Waals surface area contributed by atoms with Gasteiger partial charge in [0.25, 0.3) is 0 Å². The van der Waals surface area contributed by atoms with Gasteiger partial charge in [0, 0.05) is 0 Å². The van der Waals surface area contributed by atoms with Crippen LogP contribution in [0.2, 0.25) is 0 Å². The molecule has 0 aliphatic carbocycles. The highest BCUT2D eigenvalue weighted by Gasteiger charge is 2.34. The van der Waals surface area contributed by atoms with Crippen LogP contribution in [0.3, 0.4) is 0 Å². The highest BCUT2D eigenvalue weighted by Crippen LogP contribution is 2.27. The van der Waals surface area contributed by atoms with Gasteiger partial charge in [-0.2, -0.15) is 0 Å². The third kappa shape index (κ3) is 2.48. The Balaban J connectivity index is 2.59. The summed E-state index contributed by atoms with van der Waals surface area (Å²) in [5, 5.41) is 0. The van der Waals surface area contributed by atoms with E-state index in [0.29, 0.717) is 24.4 Å². The van der Waals surface area contributed by atoms with Gasteiger partial charge in [0.2, 0.25) is 0 Å². The van der Waals surface area contributed by atoms with E-state index >= 15 is 0 Å². The molecule has 1 fully saturated rings. The lowest BCUT2D eigenvalue weighted by Crippen LogP contribution is -2.48. The Kier molecular flexibility index (Phi) is 4.90. The van der Waals surface area contributed by atoms with Crippen molar-refractivity contribution in [2.45, 2.75) is 77.8 Å². The Morgan fingerprint density at radius 3 is 0.929 bits per heavy atom. The average Bonchev–Trinajstić information content (AvgIpc) is 2.26. The van der Waals surface area contributed by atoms with Crippen molar-refractivity contribution in [2.75, 3.05) is 0 Å². The highest BCUT2D eigenvalue weighted by molar-refractivity contribution is 4.81. The summed E-state index contributed by atoms with van der Waals surface area (Å²) in [5.74, 6) is 0. The Hall–Kier alpha value is -0.0800. The van der Waals surface area contributed by atoms with Crippen molar-refractivity contribution in [3.8, 4) is 0 Å². The van der Waals surface area contributed by atoms with E-state index in [4.69, 9.17) is 9.47 Å². The monoisotopic (exact) mass is 200 g/mol. The highest BCUT2D eigenvalue weighted by atomic mass is 16.6. The number of hydrogen-bond donors (Lipinski definition) is 0. The SMILES string of the molecule is CCC1OC(CC)C(CC)OC1CC. The van der Waals surface area contributed by atoms with Crippen molar-refractivity contribution in [3.05, 3.63) is 0 Å². The third-order valence-electron chi connectivity index (χ3n) is 3.14. The van der Waals surface area contributed by atoms with Gasteiger partial charge < -0.3 is 9.47 Å². The molecule has 0 aromatic heterocycles. The maximum Gasteiger partial charge on any atom is 0.0839 e. The Bertz CT molecular complexity index is 124. The molecule has 0 spiro atoms. The molecule has 0 N–H and O–H groups in total. The lowest BCUT2D eigenvalue weighted by molar-refractivity contribution is -0.221. The summed E-state index contributed by atoms with van der Waals surface area (Å²) in [7, 11) is 0. The van der Waals surface area contributed by atoms with Gasteiger partial charge in [-0.3, -0.25) is 0 Å². The maximum atomic E-state index is 6.07. The molecule has 1 aliphatic heterocycles. The predicted octanol–water partition coefficient (Wildman–Crippen LogP) is 3.15. The third-order valence-corrected chi connectivity index (χ3v) is 3.14. The molecule has 4 atom stereocenters. The van der Waals surface area contributed by atoms with Crippen LogP contribution in [0.4, 0.5) is 0 Å². The lowest BCUT2D eigenvalue weighted by atomic mass is 10.0. The van der Waals surface area contributed by atoms with E-state index < -0.39 is 0 Å². The van der Waals surface area contributed by atoms with Crippen molar-refractivity contribution in [2.24, 2.45) is 0 Å². The largest absolute Gasteiger partial charge is 0.370 e. The Morgan fingerprint density at radius 2 is 0.786 bits per heavy atom. The van der Waals surface area contributed by atoms with Gasteiger partial charge in [0.1, 0.15) is 0 Å². The molecular formula is C12H24O2. The van der Waals surface area contributed by atoms with Crippen LogP contribution in [-0.2, 0) is 9.47 Å².